The molecule has 0 bridgehead atoms. The number of nitrogens with zero attached hydrogens (tertiary/aromatic N) is 1. The number of hydrogen-bond donors (Lipinski definition) is 3. The molecule has 1 aliphatic rings. The minimum absolute atomic E-state index is 0.200. The fourth-order valence-electron chi connectivity index (χ4n) is 2.99. The normalized spacial score (nSPS) is 15.9. The van der Waals surface area contributed by atoms with Gasteiger partial charge >= 0.3 is 0 Å². The van der Waals surface area contributed by atoms with Crippen molar-refractivity contribution in [2.24, 2.45) is 0 Å². The van der Waals surface area contributed by atoms with Gasteiger partial charge in [-0.05, 0) is 61.2 Å². The summed E-state index contributed by atoms with van der Waals surface area (Å²) in [4.78, 5) is 0. The third kappa shape index (κ3) is 2.53. The highest BCUT2D eigenvalue weighted by Gasteiger charge is 2.22. The standard InChI is InChI=1S/C18H18N4/c1-11(20)15-9-14(5-6-17(15)21)22-18-7-4-13-3-2-12(10-19)8-16(13)18/h2-3,5-6,8-9,18,20,22H,4,7,21H2,1H3. The molecule has 0 heterocycles. The number of fused-ring (bicyclic) bond motifs is 1. The SMILES string of the molecule is CC(=N)c1cc(NC2CCc3ccc(C#N)cc32)ccc1N. The van der Waals surface area contributed by atoms with Crippen molar-refractivity contribution in [2.45, 2.75) is 25.8 Å². The third-order valence-corrected chi connectivity index (χ3v) is 4.15. The van der Waals surface area contributed by atoms with Crippen LogP contribution in [-0.2, 0) is 6.42 Å². The van der Waals surface area contributed by atoms with Crippen LogP contribution in [0.4, 0.5) is 11.4 Å². The number of anilines is 2. The number of nitrogens with two attached hydrogens (primary N) is 1. The van der Waals surface area contributed by atoms with Crippen LogP contribution in [0.25, 0.3) is 0 Å². The van der Waals surface area contributed by atoms with E-state index in [0.717, 1.165) is 24.1 Å². The first-order chi connectivity index (χ1) is 10.6. The third-order valence-electron chi connectivity index (χ3n) is 4.15. The lowest BCUT2D eigenvalue weighted by molar-refractivity contribution is 0.762. The van der Waals surface area contributed by atoms with Crippen LogP contribution in [0.1, 0.15) is 41.6 Å². The van der Waals surface area contributed by atoms with Gasteiger partial charge in [-0.1, -0.05) is 6.07 Å². The van der Waals surface area contributed by atoms with Crippen LogP contribution in [0.3, 0.4) is 0 Å². The van der Waals surface area contributed by atoms with Crippen molar-refractivity contribution < 1.29 is 0 Å². The fraction of sp³-hybridized carbons (Fsp3) is 0.222. The van der Waals surface area contributed by atoms with E-state index in [1.807, 2.05) is 36.4 Å². The lowest BCUT2D eigenvalue weighted by Gasteiger charge is -2.17. The van der Waals surface area contributed by atoms with Gasteiger partial charge in [0.25, 0.3) is 0 Å². The number of nitriles is 1. The molecule has 3 rings (SSSR count). The van der Waals surface area contributed by atoms with Crippen LogP contribution in [-0.4, -0.2) is 5.71 Å². The van der Waals surface area contributed by atoms with Crippen molar-refractivity contribution in [1.82, 2.24) is 0 Å². The summed E-state index contributed by atoms with van der Waals surface area (Å²) in [5, 5.41) is 20.4. The molecule has 0 spiro atoms. The van der Waals surface area contributed by atoms with E-state index in [2.05, 4.69) is 11.4 Å². The van der Waals surface area contributed by atoms with Crippen LogP contribution < -0.4 is 11.1 Å². The molecule has 4 nitrogen and oxygen atoms in total. The van der Waals surface area contributed by atoms with E-state index in [9.17, 15) is 0 Å². The van der Waals surface area contributed by atoms with Crippen molar-refractivity contribution in [3.63, 3.8) is 0 Å². The summed E-state index contributed by atoms with van der Waals surface area (Å²) in [7, 11) is 0. The van der Waals surface area contributed by atoms with Gasteiger partial charge in [0.05, 0.1) is 17.7 Å². The second kappa shape index (κ2) is 5.53. The molecule has 110 valence electrons. The Hall–Kier alpha value is -2.80. The topological polar surface area (TPSA) is 85.7 Å². The van der Waals surface area contributed by atoms with Crippen LogP contribution in [0, 0.1) is 16.7 Å². The Labute approximate surface area is 130 Å². The predicted octanol–water partition coefficient (Wildman–Crippen LogP) is 3.63. The molecule has 1 atom stereocenters. The molecule has 4 heteroatoms. The molecule has 2 aromatic rings. The molecular weight excluding hydrogens is 272 g/mol. The molecular formula is C18H18N4. The van der Waals surface area contributed by atoms with Crippen LogP contribution >= 0.6 is 0 Å². The highest BCUT2D eigenvalue weighted by atomic mass is 14.9. The summed E-state index contributed by atoms with van der Waals surface area (Å²) >= 11 is 0. The zero-order valence-electron chi connectivity index (χ0n) is 12.5. The largest absolute Gasteiger partial charge is 0.398 e. The average Bonchev–Trinajstić information content (AvgIpc) is 2.91. The van der Waals surface area contributed by atoms with Gasteiger partial charge in [-0.15, -0.1) is 0 Å². The summed E-state index contributed by atoms with van der Waals surface area (Å²) in [5.74, 6) is 0. The summed E-state index contributed by atoms with van der Waals surface area (Å²) in [6.45, 7) is 1.74. The maximum Gasteiger partial charge on any atom is 0.0991 e. The fourth-order valence-corrected chi connectivity index (χ4v) is 2.99. The van der Waals surface area contributed by atoms with Crippen molar-refractivity contribution in [3.05, 3.63) is 58.7 Å². The number of rotatable bonds is 3. The zero-order chi connectivity index (χ0) is 15.7. The quantitative estimate of drug-likeness (QED) is 0.596. The van der Waals surface area contributed by atoms with Gasteiger partial charge in [0.15, 0.2) is 0 Å². The second-order valence-electron chi connectivity index (χ2n) is 5.69. The Morgan fingerprint density at radius 1 is 1.32 bits per heavy atom. The molecule has 22 heavy (non-hydrogen) atoms. The van der Waals surface area contributed by atoms with Gasteiger partial charge in [-0.2, -0.15) is 5.26 Å². The second-order valence-corrected chi connectivity index (χ2v) is 5.69. The van der Waals surface area contributed by atoms with Gasteiger partial charge in [0.2, 0.25) is 0 Å². The van der Waals surface area contributed by atoms with Gasteiger partial charge in [0, 0.05) is 22.6 Å². The molecule has 4 N–H and O–H groups in total. The Kier molecular flexibility index (Phi) is 3.56. The molecule has 1 unspecified atom stereocenters. The molecule has 0 amide bonds. The van der Waals surface area contributed by atoms with Gasteiger partial charge in [-0.25, -0.2) is 0 Å². The first kappa shape index (κ1) is 14.2. The molecule has 0 radical (unpaired) electrons. The minimum Gasteiger partial charge on any atom is -0.398 e. The van der Waals surface area contributed by atoms with Crippen LogP contribution in [0.5, 0.6) is 0 Å². The molecule has 0 aromatic heterocycles. The van der Waals surface area contributed by atoms with Gasteiger partial charge in [-0.3, -0.25) is 0 Å². The molecule has 0 aliphatic heterocycles. The number of benzene rings is 2. The number of nitrogens with one attached hydrogen (secondary N) is 2. The molecule has 2 aromatic carbocycles. The van der Waals surface area contributed by atoms with Crippen molar-refractivity contribution >= 4 is 17.1 Å². The Bertz CT molecular complexity index is 786. The Morgan fingerprint density at radius 3 is 2.86 bits per heavy atom. The monoisotopic (exact) mass is 290 g/mol. The van der Waals surface area contributed by atoms with E-state index in [0.29, 0.717) is 17.0 Å². The lowest BCUT2D eigenvalue weighted by Crippen LogP contribution is -2.09. The molecule has 0 saturated heterocycles. The van der Waals surface area contributed by atoms with Gasteiger partial charge in [0.1, 0.15) is 0 Å². The number of aryl methyl sites for hydroxylation is 1. The first-order valence-corrected chi connectivity index (χ1v) is 7.33. The lowest BCUT2D eigenvalue weighted by atomic mass is 10.0. The maximum absolute atomic E-state index is 9.06. The zero-order valence-corrected chi connectivity index (χ0v) is 12.5. The first-order valence-electron chi connectivity index (χ1n) is 7.33. The van der Waals surface area contributed by atoms with E-state index in [1.165, 1.54) is 11.1 Å². The van der Waals surface area contributed by atoms with Gasteiger partial charge < -0.3 is 16.5 Å². The van der Waals surface area contributed by atoms with E-state index in [1.54, 1.807) is 6.92 Å². The number of hydrogen-bond acceptors (Lipinski definition) is 4. The van der Waals surface area contributed by atoms with Crippen LogP contribution in [0.15, 0.2) is 36.4 Å². The van der Waals surface area contributed by atoms with Crippen molar-refractivity contribution in [2.75, 3.05) is 11.1 Å². The van der Waals surface area contributed by atoms with Crippen molar-refractivity contribution in [1.29, 1.82) is 10.7 Å². The maximum atomic E-state index is 9.06. The molecule has 1 aliphatic carbocycles. The molecule has 0 fully saturated rings. The predicted molar refractivity (Wildman–Crippen MR) is 89.2 cm³/mol. The highest BCUT2D eigenvalue weighted by molar-refractivity contribution is 6.01. The van der Waals surface area contributed by atoms with E-state index >= 15 is 0 Å². The Balaban J connectivity index is 1.89. The Morgan fingerprint density at radius 2 is 2.14 bits per heavy atom. The van der Waals surface area contributed by atoms with E-state index in [-0.39, 0.29) is 6.04 Å². The van der Waals surface area contributed by atoms with Crippen LogP contribution in [0.2, 0.25) is 0 Å². The average molecular weight is 290 g/mol. The molecule has 0 saturated carbocycles. The van der Waals surface area contributed by atoms with E-state index in [4.69, 9.17) is 16.4 Å². The number of nitrogen functional groups attached to an aromatic ring is 1. The van der Waals surface area contributed by atoms with E-state index < -0.39 is 0 Å². The smallest absolute Gasteiger partial charge is 0.0991 e. The highest BCUT2D eigenvalue weighted by Crippen LogP contribution is 2.35. The van der Waals surface area contributed by atoms with Crippen molar-refractivity contribution in [3.8, 4) is 6.07 Å². The summed E-state index contributed by atoms with van der Waals surface area (Å²) in [6, 6.07) is 14.0. The summed E-state index contributed by atoms with van der Waals surface area (Å²) < 4.78 is 0. The minimum atomic E-state index is 0.200. The summed E-state index contributed by atoms with van der Waals surface area (Å²) in [5.41, 5.74) is 11.9. The summed E-state index contributed by atoms with van der Waals surface area (Å²) in [6.07, 6.45) is 2.03.